The predicted molar refractivity (Wildman–Crippen MR) is 90.8 cm³/mol. The highest BCUT2D eigenvalue weighted by Crippen LogP contribution is 2.35. The number of nitro groups is 1. The lowest BCUT2D eigenvalue weighted by atomic mass is 10.0. The first kappa shape index (κ1) is 17.4. The molecule has 1 amide bonds. The van der Waals surface area contributed by atoms with Crippen molar-refractivity contribution in [3.05, 3.63) is 46.0 Å². The van der Waals surface area contributed by atoms with Crippen LogP contribution >= 0.6 is 0 Å². The number of carbonyl (C=O) groups excluding carboxylic acids is 1. The van der Waals surface area contributed by atoms with Gasteiger partial charge in [0.1, 0.15) is 6.04 Å². The summed E-state index contributed by atoms with van der Waals surface area (Å²) < 4.78 is 0. The largest absolute Gasteiger partial charge is 0.480 e. The van der Waals surface area contributed by atoms with Gasteiger partial charge in [-0.2, -0.15) is 0 Å². The topological polar surface area (TPSA) is 162 Å². The van der Waals surface area contributed by atoms with Gasteiger partial charge in [-0.1, -0.05) is 0 Å². The number of aliphatic carboxylic acids is 1. The van der Waals surface area contributed by atoms with Gasteiger partial charge in [0, 0.05) is 37.0 Å². The number of imidazole rings is 1. The predicted octanol–water partition coefficient (Wildman–Crippen LogP) is 0.467. The first-order chi connectivity index (χ1) is 12.4. The van der Waals surface area contributed by atoms with Crippen LogP contribution in [0.5, 0.6) is 0 Å². The van der Waals surface area contributed by atoms with E-state index in [1.165, 1.54) is 18.5 Å². The summed E-state index contributed by atoms with van der Waals surface area (Å²) >= 11 is 0. The number of nitrogens with one attached hydrogen (secondary N) is 4. The maximum Gasteiger partial charge on any atom is 0.317 e. The van der Waals surface area contributed by atoms with E-state index in [1.54, 1.807) is 6.20 Å². The Hall–Kier alpha value is -3.47. The zero-order valence-electron chi connectivity index (χ0n) is 13.5. The molecule has 1 aliphatic rings. The monoisotopic (exact) mass is 360 g/mol. The maximum absolute atomic E-state index is 12.3. The molecule has 3 rings (SSSR count). The van der Waals surface area contributed by atoms with Crippen LogP contribution in [0.2, 0.25) is 0 Å². The lowest BCUT2D eigenvalue weighted by Gasteiger charge is -2.28. The number of non-ortho nitro benzene ring substituents is 1. The van der Waals surface area contributed by atoms with E-state index in [1.807, 2.05) is 0 Å². The van der Waals surface area contributed by atoms with E-state index >= 15 is 0 Å². The van der Waals surface area contributed by atoms with Crippen molar-refractivity contribution < 1.29 is 19.6 Å². The average molecular weight is 360 g/mol. The Morgan fingerprint density at radius 1 is 1.42 bits per heavy atom. The minimum atomic E-state index is -1.04. The molecule has 0 radical (unpaired) electrons. The van der Waals surface area contributed by atoms with Crippen molar-refractivity contribution in [1.29, 1.82) is 0 Å². The van der Waals surface area contributed by atoms with Gasteiger partial charge in [0.25, 0.3) is 5.69 Å². The Bertz CT molecular complexity index is 850. The fraction of sp³-hybridized carbons (Fsp3) is 0.267. The van der Waals surface area contributed by atoms with Crippen molar-refractivity contribution in [2.75, 3.05) is 17.2 Å². The molecule has 136 valence electrons. The van der Waals surface area contributed by atoms with Crippen molar-refractivity contribution >= 4 is 28.9 Å². The first-order valence-corrected chi connectivity index (χ1v) is 7.72. The second kappa shape index (κ2) is 7.19. The SMILES string of the molecule is O=C(O)CNCc1cc([N+](=O)[O-])cc2c1NC(Cc1cnc[nH]1)C(=O)N2. The highest BCUT2D eigenvalue weighted by molar-refractivity contribution is 6.04. The molecule has 1 aliphatic heterocycles. The standard InChI is InChI=1S/C15H16N6O5/c22-13(23)6-16-4-8-1-10(21(25)26)3-11-14(8)19-12(15(24)20-11)2-9-5-17-7-18-9/h1,3,5,7,12,16,19H,2,4,6H2,(H,17,18)(H,20,24)(H,22,23). The number of H-pyrrole nitrogens is 1. The maximum atomic E-state index is 12.3. The number of aromatic amines is 1. The molecule has 0 saturated carbocycles. The average Bonchev–Trinajstić information content (AvgIpc) is 3.08. The van der Waals surface area contributed by atoms with Crippen LogP contribution < -0.4 is 16.0 Å². The molecule has 5 N–H and O–H groups in total. The number of rotatable bonds is 7. The van der Waals surface area contributed by atoms with Gasteiger partial charge in [-0.15, -0.1) is 0 Å². The molecule has 11 nitrogen and oxygen atoms in total. The van der Waals surface area contributed by atoms with E-state index in [0.717, 1.165) is 5.69 Å². The van der Waals surface area contributed by atoms with Gasteiger partial charge in [0.15, 0.2) is 0 Å². The normalized spacial score (nSPS) is 15.7. The van der Waals surface area contributed by atoms with Gasteiger partial charge < -0.3 is 26.0 Å². The van der Waals surface area contributed by atoms with Crippen LogP contribution in [-0.4, -0.2) is 44.5 Å². The number of hydrogen-bond acceptors (Lipinski definition) is 7. The summed E-state index contributed by atoms with van der Waals surface area (Å²) in [4.78, 5) is 40.4. The number of hydrogen-bond donors (Lipinski definition) is 5. The summed E-state index contributed by atoms with van der Waals surface area (Å²) in [5.41, 5.74) is 1.87. The highest BCUT2D eigenvalue weighted by Gasteiger charge is 2.29. The van der Waals surface area contributed by atoms with Crippen LogP contribution in [0, 0.1) is 10.1 Å². The van der Waals surface area contributed by atoms with Crippen LogP contribution in [0.4, 0.5) is 17.1 Å². The van der Waals surface area contributed by atoms with Gasteiger partial charge in [-0.05, 0) is 5.56 Å². The van der Waals surface area contributed by atoms with Gasteiger partial charge in [0.05, 0.1) is 29.2 Å². The van der Waals surface area contributed by atoms with Crippen LogP contribution in [0.1, 0.15) is 11.3 Å². The van der Waals surface area contributed by atoms with Crippen LogP contribution in [-0.2, 0) is 22.6 Å². The molecule has 26 heavy (non-hydrogen) atoms. The van der Waals surface area contributed by atoms with E-state index in [0.29, 0.717) is 17.7 Å². The smallest absolute Gasteiger partial charge is 0.317 e. The van der Waals surface area contributed by atoms with Crippen molar-refractivity contribution in [3.8, 4) is 0 Å². The van der Waals surface area contributed by atoms with Crippen molar-refractivity contribution in [3.63, 3.8) is 0 Å². The fourth-order valence-electron chi connectivity index (χ4n) is 2.72. The summed E-state index contributed by atoms with van der Waals surface area (Å²) in [5.74, 6) is -1.36. The Balaban J connectivity index is 1.88. The number of nitro benzene ring substituents is 1. The summed E-state index contributed by atoms with van der Waals surface area (Å²) in [6.45, 7) is -0.197. The van der Waals surface area contributed by atoms with Gasteiger partial charge in [-0.3, -0.25) is 19.7 Å². The fourth-order valence-corrected chi connectivity index (χ4v) is 2.72. The van der Waals surface area contributed by atoms with E-state index < -0.39 is 16.9 Å². The number of carboxylic acid groups (broad SMARTS) is 1. The highest BCUT2D eigenvalue weighted by atomic mass is 16.6. The number of amides is 1. The molecule has 2 aromatic rings. The number of fused-ring (bicyclic) bond motifs is 1. The second-order valence-corrected chi connectivity index (χ2v) is 5.75. The molecule has 11 heteroatoms. The van der Waals surface area contributed by atoms with Crippen molar-refractivity contribution in [2.45, 2.75) is 19.0 Å². The van der Waals surface area contributed by atoms with E-state index in [-0.39, 0.29) is 30.4 Å². The Labute approximate surface area is 147 Å². The third kappa shape index (κ3) is 3.78. The van der Waals surface area contributed by atoms with Gasteiger partial charge in [-0.25, -0.2) is 4.98 Å². The van der Waals surface area contributed by atoms with Crippen molar-refractivity contribution in [2.24, 2.45) is 0 Å². The number of carboxylic acids is 1. The third-order valence-corrected chi connectivity index (χ3v) is 3.88. The lowest BCUT2D eigenvalue weighted by Crippen LogP contribution is -2.41. The van der Waals surface area contributed by atoms with Crippen LogP contribution in [0.3, 0.4) is 0 Å². The quantitative estimate of drug-likeness (QED) is 0.351. The Morgan fingerprint density at radius 3 is 2.88 bits per heavy atom. The number of aromatic nitrogens is 2. The van der Waals surface area contributed by atoms with Crippen molar-refractivity contribution in [1.82, 2.24) is 15.3 Å². The van der Waals surface area contributed by atoms with Gasteiger partial charge in [0.2, 0.25) is 5.91 Å². The minimum Gasteiger partial charge on any atom is -0.480 e. The molecule has 0 spiro atoms. The van der Waals surface area contributed by atoms with E-state index in [9.17, 15) is 19.7 Å². The minimum absolute atomic E-state index is 0.0932. The lowest BCUT2D eigenvalue weighted by molar-refractivity contribution is -0.384. The summed E-state index contributed by atoms with van der Waals surface area (Å²) in [7, 11) is 0. The molecular weight excluding hydrogens is 344 g/mol. The Morgan fingerprint density at radius 2 is 2.23 bits per heavy atom. The number of anilines is 2. The zero-order chi connectivity index (χ0) is 18.7. The molecule has 1 aromatic carbocycles. The Kier molecular flexibility index (Phi) is 4.80. The molecule has 0 fully saturated rings. The van der Waals surface area contributed by atoms with Gasteiger partial charge >= 0.3 is 5.97 Å². The van der Waals surface area contributed by atoms with Crippen LogP contribution in [0.15, 0.2) is 24.7 Å². The zero-order valence-corrected chi connectivity index (χ0v) is 13.5. The molecule has 0 aliphatic carbocycles. The summed E-state index contributed by atoms with van der Waals surface area (Å²) in [6.07, 6.45) is 3.47. The number of nitrogens with zero attached hydrogens (tertiary/aromatic N) is 2. The molecule has 1 aromatic heterocycles. The molecule has 1 atom stereocenters. The second-order valence-electron chi connectivity index (χ2n) is 5.75. The molecule has 0 saturated heterocycles. The molecule has 0 bridgehead atoms. The molecular formula is C15H16N6O5. The third-order valence-electron chi connectivity index (χ3n) is 3.88. The number of carbonyl (C=O) groups is 2. The van der Waals surface area contributed by atoms with Crippen LogP contribution in [0.25, 0.3) is 0 Å². The first-order valence-electron chi connectivity index (χ1n) is 7.72. The molecule has 2 heterocycles. The summed E-state index contributed by atoms with van der Waals surface area (Å²) in [5, 5.41) is 28.3. The van der Waals surface area contributed by atoms with E-state index in [4.69, 9.17) is 5.11 Å². The summed E-state index contributed by atoms with van der Waals surface area (Å²) in [6, 6.07) is 2.03. The molecule has 1 unspecified atom stereocenters. The van der Waals surface area contributed by atoms with E-state index in [2.05, 4.69) is 25.9 Å². The number of benzene rings is 1.